The van der Waals surface area contributed by atoms with Gasteiger partial charge in [-0.2, -0.15) is 26.3 Å². The van der Waals surface area contributed by atoms with E-state index in [0.717, 1.165) is 0 Å². The lowest BCUT2D eigenvalue weighted by molar-refractivity contribution is -0.344. The lowest BCUT2D eigenvalue weighted by atomic mass is 10.1. The Morgan fingerprint density at radius 3 is 1.94 bits per heavy atom. The summed E-state index contributed by atoms with van der Waals surface area (Å²) in [6, 6.07) is 0. The minimum atomic E-state index is -6.38. The van der Waals surface area contributed by atoms with Gasteiger partial charge in [0, 0.05) is 6.08 Å². The molecular formula is C8H6F8O2. The molecule has 0 saturated carbocycles. The molecule has 0 N–H and O–H groups in total. The molecule has 0 bridgehead atoms. The van der Waals surface area contributed by atoms with Crippen molar-refractivity contribution in [3.05, 3.63) is 12.7 Å². The Hall–Kier alpha value is -1.35. The van der Waals surface area contributed by atoms with Gasteiger partial charge in [-0.15, -0.1) is 0 Å². The van der Waals surface area contributed by atoms with E-state index in [1.165, 1.54) is 0 Å². The van der Waals surface area contributed by atoms with Gasteiger partial charge in [-0.3, -0.25) is 0 Å². The van der Waals surface area contributed by atoms with Gasteiger partial charge in [-0.25, -0.2) is 13.6 Å². The number of halogens is 8. The zero-order chi connectivity index (χ0) is 14.8. The number of hydrogen-bond acceptors (Lipinski definition) is 2. The van der Waals surface area contributed by atoms with Gasteiger partial charge in [0.05, 0.1) is 0 Å². The van der Waals surface area contributed by atoms with Crippen molar-refractivity contribution in [3.8, 4) is 0 Å². The summed E-state index contributed by atoms with van der Waals surface area (Å²) in [6.45, 7) is 0.246. The summed E-state index contributed by atoms with van der Waals surface area (Å²) in [6.07, 6.45) is -4.70. The molecule has 0 aromatic carbocycles. The molecule has 0 spiro atoms. The van der Waals surface area contributed by atoms with E-state index in [1.807, 2.05) is 0 Å². The lowest BCUT2D eigenvalue weighted by Crippen LogP contribution is -2.59. The average Bonchev–Trinajstić information content (AvgIpc) is 2.25. The number of rotatable bonds is 6. The molecular weight excluding hydrogens is 280 g/mol. The quantitative estimate of drug-likeness (QED) is 0.426. The highest BCUT2D eigenvalue weighted by molar-refractivity contribution is 5.81. The molecule has 0 radical (unpaired) electrons. The highest BCUT2D eigenvalue weighted by Crippen LogP contribution is 2.48. The van der Waals surface area contributed by atoms with E-state index in [-0.39, 0.29) is 0 Å². The summed E-state index contributed by atoms with van der Waals surface area (Å²) in [5.41, 5.74) is 0. The molecule has 0 unspecified atom stereocenters. The summed E-state index contributed by atoms with van der Waals surface area (Å²) < 4.78 is 102. The standard InChI is InChI=1S/C8H6F8O2/c1-2-4(17)18-3-6(11,12)8(15,16)7(13,14)5(9)10/h2,5H,1,3H2. The Labute approximate surface area is 95.2 Å². The highest BCUT2D eigenvalue weighted by Gasteiger charge is 2.75. The minimum Gasteiger partial charge on any atom is -0.456 e. The molecule has 0 aliphatic rings. The molecule has 2 nitrogen and oxygen atoms in total. The van der Waals surface area contributed by atoms with Gasteiger partial charge < -0.3 is 4.74 Å². The van der Waals surface area contributed by atoms with Crippen LogP contribution in [0.4, 0.5) is 35.1 Å². The zero-order valence-electron chi connectivity index (χ0n) is 8.41. The van der Waals surface area contributed by atoms with Crippen LogP contribution in [-0.4, -0.2) is 36.8 Å². The average molecular weight is 286 g/mol. The van der Waals surface area contributed by atoms with Crippen molar-refractivity contribution in [2.75, 3.05) is 6.61 Å². The van der Waals surface area contributed by atoms with Crippen molar-refractivity contribution in [2.45, 2.75) is 24.2 Å². The zero-order valence-corrected chi connectivity index (χ0v) is 8.41. The first-order valence-corrected chi connectivity index (χ1v) is 4.11. The Morgan fingerprint density at radius 2 is 1.61 bits per heavy atom. The van der Waals surface area contributed by atoms with Crippen LogP contribution in [0.1, 0.15) is 0 Å². The Bertz CT molecular complexity index is 325. The molecule has 10 heteroatoms. The molecule has 0 atom stereocenters. The third-order valence-corrected chi connectivity index (χ3v) is 1.71. The number of hydrogen-bond donors (Lipinski definition) is 0. The Balaban J connectivity index is 5.07. The molecule has 0 aliphatic heterocycles. The first kappa shape index (κ1) is 16.6. The first-order valence-electron chi connectivity index (χ1n) is 4.11. The highest BCUT2D eigenvalue weighted by atomic mass is 19.4. The molecule has 106 valence electrons. The molecule has 0 fully saturated rings. The van der Waals surface area contributed by atoms with E-state index < -0.39 is 36.8 Å². The van der Waals surface area contributed by atoms with Crippen molar-refractivity contribution in [3.63, 3.8) is 0 Å². The minimum absolute atomic E-state index is 0.305. The van der Waals surface area contributed by atoms with Gasteiger partial charge in [-0.05, 0) is 0 Å². The van der Waals surface area contributed by atoms with Crippen LogP contribution in [0.2, 0.25) is 0 Å². The molecule has 0 heterocycles. The SMILES string of the molecule is C=CC(=O)OCC(F)(F)C(F)(F)C(F)(F)C(F)F. The normalized spacial score (nSPS) is 13.6. The maximum Gasteiger partial charge on any atom is 0.381 e. The monoisotopic (exact) mass is 286 g/mol. The van der Waals surface area contributed by atoms with Crippen LogP contribution >= 0.6 is 0 Å². The van der Waals surface area contributed by atoms with Gasteiger partial charge in [0.15, 0.2) is 6.61 Å². The van der Waals surface area contributed by atoms with Crippen LogP contribution in [0, 0.1) is 0 Å². The van der Waals surface area contributed by atoms with Gasteiger partial charge in [0.1, 0.15) is 0 Å². The maximum atomic E-state index is 12.7. The van der Waals surface area contributed by atoms with E-state index in [0.29, 0.717) is 6.08 Å². The van der Waals surface area contributed by atoms with Crippen molar-refractivity contribution in [1.82, 2.24) is 0 Å². The van der Waals surface area contributed by atoms with Crippen LogP contribution in [0.3, 0.4) is 0 Å². The number of esters is 1. The fourth-order valence-electron chi connectivity index (χ4n) is 0.692. The summed E-state index contributed by atoms with van der Waals surface area (Å²) in [7, 11) is 0. The summed E-state index contributed by atoms with van der Waals surface area (Å²) >= 11 is 0. The van der Waals surface area contributed by atoms with Gasteiger partial charge in [-0.1, -0.05) is 6.58 Å². The van der Waals surface area contributed by atoms with Crippen LogP contribution in [0.15, 0.2) is 12.7 Å². The second-order valence-electron chi connectivity index (χ2n) is 3.01. The van der Waals surface area contributed by atoms with E-state index in [4.69, 9.17) is 0 Å². The molecule has 0 aromatic rings. The van der Waals surface area contributed by atoms with E-state index >= 15 is 0 Å². The molecule has 0 rings (SSSR count). The lowest BCUT2D eigenvalue weighted by Gasteiger charge is -2.31. The third-order valence-electron chi connectivity index (χ3n) is 1.71. The molecule has 0 saturated heterocycles. The Morgan fingerprint density at radius 1 is 1.17 bits per heavy atom. The second-order valence-corrected chi connectivity index (χ2v) is 3.01. The van der Waals surface area contributed by atoms with Crippen molar-refractivity contribution in [2.24, 2.45) is 0 Å². The predicted octanol–water partition coefficient (Wildman–Crippen LogP) is 2.89. The number of alkyl halides is 8. The number of carbonyl (C=O) groups is 1. The van der Waals surface area contributed by atoms with Gasteiger partial charge in [0.2, 0.25) is 0 Å². The topological polar surface area (TPSA) is 26.3 Å². The van der Waals surface area contributed by atoms with Gasteiger partial charge >= 0.3 is 30.2 Å². The molecule has 18 heavy (non-hydrogen) atoms. The van der Waals surface area contributed by atoms with Crippen molar-refractivity contribution < 1.29 is 44.7 Å². The summed E-state index contributed by atoms with van der Waals surface area (Å²) in [5, 5.41) is 0. The van der Waals surface area contributed by atoms with Crippen LogP contribution in [0.25, 0.3) is 0 Å². The van der Waals surface area contributed by atoms with Crippen LogP contribution < -0.4 is 0 Å². The fraction of sp³-hybridized carbons (Fsp3) is 0.625. The fourth-order valence-corrected chi connectivity index (χ4v) is 0.692. The number of carbonyl (C=O) groups excluding carboxylic acids is 1. The van der Waals surface area contributed by atoms with E-state index in [2.05, 4.69) is 11.3 Å². The predicted molar refractivity (Wildman–Crippen MR) is 42.0 cm³/mol. The third kappa shape index (κ3) is 2.91. The smallest absolute Gasteiger partial charge is 0.381 e. The van der Waals surface area contributed by atoms with E-state index in [1.54, 1.807) is 0 Å². The van der Waals surface area contributed by atoms with Crippen molar-refractivity contribution in [1.29, 1.82) is 0 Å². The number of ether oxygens (including phenoxy) is 1. The molecule has 0 aromatic heterocycles. The van der Waals surface area contributed by atoms with E-state index in [9.17, 15) is 39.9 Å². The molecule has 0 amide bonds. The largest absolute Gasteiger partial charge is 0.456 e. The molecule has 0 aliphatic carbocycles. The van der Waals surface area contributed by atoms with Crippen LogP contribution in [-0.2, 0) is 9.53 Å². The summed E-state index contributed by atoms with van der Waals surface area (Å²) in [5.74, 6) is -19.9. The first-order chi connectivity index (χ1) is 7.90. The Kier molecular flexibility index (Phi) is 4.72. The van der Waals surface area contributed by atoms with Gasteiger partial charge in [0.25, 0.3) is 0 Å². The van der Waals surface area contributed by atoms with Crippen molar-refractivity contribution >= 4 is 5.97 Å². The summed E-state index contributed by atoms with van der Waals surface area (Å²) in [4.78, 5) is 10.3. The maximum absolute atomic E-state index is 12.7. The second kappa shape index (κ2) is 5.11. The van der Waals surface area contributed by atoms with Crippen LogP contribution in [0.5, 0.6) is 0 Å².